The highest BCUT2D eigenvalue weighted by molar-refractivity contribution is 6.03. The molecule has 0 saturated carbocycles. The number of rotatable bonds is 3. The van der Waals surface area contributed by atoms with Gasteiger partial charge >= 0.3 is 12.1 Å². The second kappa shape index (κ2) is 6.15. The van der Waals surface area contributed by atoms with Crippen LogP contribution in [0.1, 0.15) is 16.1 Å². The average molecular weight is 325 g/mol. The molecule has 5 nitrogen and oxygen atoms in total. The summed E-state index contributed by atoms with van der Waals surface area (Å²) < 4.78 is 38.9. The van der Waals surface area contributed by atoms with Crippen LogP contribution in [0, 0.1) is 5.21 Å². The molecule has 1 aromatic carbocycles. The van der Waals surface area contributed by atoms with Crippen molar-refractivity contribution in [2.45, 2.75) is 6.18 Å². The molecule has 122 valence electrons. The number of hydrogen-bond donors (Lipinski definition) is 1. The van der Waals surface area contributed by atoms with Gasteiger partial charge in [-0.25, -0.2) is 0 Å². The molecule has 1 aromatic heterocycles. The van der Waals surface area contributed by atoms with Crippen LogP contribution < -0.4 is 14.9 Å². The van der Waals surface area contributed by atoms with Gasteiger partial charge in [-0.05, 0) is 24.3 Å². The van der Waals surface area contributed by atoms with Crippen LogP contribution in [0.2, 0.25) is 0 Å². The van der Waals surface area contributed by atoms with E-state index in [2.05, 4.69) is 5.32 Å². The molecular formula is C15H14F3N3O2. The zero-order valence-electron chi connectivity index (χ0n) is 12.4. The van der Waals surface area contributed by atoms with Crippen LogP contribution in [0.5, 0.6) is 0 Å². The third kappa shape index (κ3) is 3.71. The topological polar surface area (TPSA) is 59.3 Å². The fourth-order valence-corrected chi connectivity index (χ4v) is 1.99. The van der Waals surface area contributed by atoms with Gasteiger partial charge in [-0.15, -0.1) is 0 Å². The fourth-order valence-electron chi connectivity index (χ4n) is 1.99. The second-order valence-corrected chi connectivity index (χ2v) is 4.99. The molecule has 8 heteroatoms. The van der Waals surface area contributed by atoms with E-state index < -0.39 is 17.6 Å². The van der Waals surface area contributed by atoms with Crippen molar-refractivity contribution in [3.05, 3.63) is 59.1 Å². The molecule has 0 spiro atoms. The molecule has 0 aliphatic heterocycles. The SMILES string of the molecule is CN(C)c1ccc(C(F)(F)F)cc1NC(=O)c1cccc[n+]1[O-]. The number of alkyl halides is 3. The maximum atomic E-state index is 12.8. The minimum Gasteiger partial charge on any atom is -0.618 e. The third-order valence-corrected chi connectivity index (χ3v) is 3.11. The number of carbonyl (C=O) groups is 1. The van der Waals surface area contributed by atoms with Gasteiger partial charge in [-0.2, -0.15) is 17.9 Å². The van der Waals surface area contributed by atoms with E-state index >= 15 is 0 Å². The lowest BCUT2D eigenvalue weighted by Gasteiger charge is -2.19. The summed E-state index contributed by atoms with van der Waals surface area (Å²) in [5, 5.41) is 13.9. The highest BCUT2D eigenvalue weighted by Crippen LogP contribution is 2.35. The molecule has 0 radical (unpaired) electrons. The molecule has 1 amide bonds. The highest BCUT2D eigenvalue weighted by Gasteiger charge is 2.31. The standard InChI is InChI=1S/C15H14F3N3O2/c1-20(2)12-7-6-10(15(16,17)18)9-11(12)19-14(22)13-5-3-4-8-21(13)23/h3-9H,1-2H3,(H,19,22). The summed E-state index contributed by atoms with van der Waals surface area (Å²) in [4.78, 5) is 13.7. The first-order valence-corrected chi connectivity index (χ1v) is 6.58. The van der Waals surface area contributed by atoms with Crippen LogP contribution in [0.15, 0.2) is 42.6 Å². The summed E-state index contributed by atoms with van der Waals surface area (Å²) in [5.74, 6) is -0.789. The summed E-state index contributed by atoms with van der Waals surface area (Å²) >= 11 is 0. The first-order valence-electron chi connectivity index (χ1n) is 6.58. The Balaban J connectivity index is 2.41. The number of anilines is 2. The highest BCUT2D eigenvalue weighted by atomic mass is 19.4. The number of pyridine rings is 1. The van der Waals surface area contributed by atoms with Crippen molar-refractivity contribution in [3.63, 3.8) is 0 Å². The normalized spacial score (nSPS) is 11.2. The van der Waals surface area contributed by atoms with Gasteiger partial charge in [-0.1, -0.05) is 0 Å². The van der Waals surface area contributed by atoms with Gasteiger partial charge in [-0.3, -0.25) is 4.79 Å². The van der Waals surface area contributed by atoms with Gasteiger partial charge in [0.15, 0.2) is 6.20 Å². The van der Waals surface area contributed by atoms with Gasteiger partial charge in [0.1, 0.15) is 0 Å². The van der Waals surface area contributed by atoms with E-state index in [9.17, 15) is 23.2 Å². The summed E-state index contributed by atoms with van der Waals surface area (Å²) in [5.41, 5.74) is -0.741. The molecule has 0 saturated heterocycles. The molecule has 2 rings (SSSR count). The van der Waals surface area contributed by atoms with Crippen molar-refractivity contribution in [3.8, 4) is 0 Å². The maximum Gasteiger partial charge on any atom is 0.416 e. The van der Waals surface area contributed by atoms with Crippen molar-refractivity contribution in [2.24, 2.45) is 0 Å². The molecule has 1 N–H and O–H groups in total. The Morgan fingerprint density at radius 2 is 1.91 bits per heavy atom. The first-order chi connectivity index (χ1) is 10.7. The monoisotopic (exact) mass is 325 g/mol. The van der Waals surface area contributed by atoms with E-state index in [0.29, 0.717) is 10.4 Å². The fraction of sp³-hybridized carbons (Fsp3) is 0.200. The van der Waals surface area contributed by atoms with E-state index in [0.717, 1.165) is 18.3 Å². The summed E-state index contributed by atoms with van der Waals surface area (Å²) in [6.45, 7) is 0. The van der Waals surface area contributed by atoms with Gasteiger partial charge < -0.3 is 15.4 Å². The van der Waals surface area contributed by atoms with Crippen LogP contribution in [-0.2, 0) is 6.18 Å². The van der Waals surface area contributed by atoms with Gasteiger partial charge in [0, 0.05) is 26.2 Å². The zero-order chi connectivity index (χ0) is 17.2. The third-order valence-electron chi connectivity index (χ3n) is 3.11. The number of aromatic nitrogens is 1. The van der Waals surface area contributed by atoms with Crippen LogP contribution in [0.4, 0.5) is 24.5 Å². The van der Waals surface area contributed by atoms with Crippen molar-refractivity contribution in [1.82, 2.24) is 0 Å². The Hall–Kier alpha value is -2.77. The summed E-state index contributed by atoms with van der Waals surface area (Å²) in [7, 11) is 3.27. The first kappa shape index (κ1) is 16.6. The predicted octanol–water partition coefficient (Wildman–Crippen LogP) is 2.66. The molecule has 0 bridgehead atoms. The largest absolute Gasteiger partial charge is 0.618 e. The molecule has 0 fully saturated rings. The molecule has 1 heterocycles. The number of halogens is 3. The number of amides is 1. The number of nitrogens with zero attached hydrogens (tertiary/aromatic N) is 2. The van der Waals surface area contributed by atoms with Crippen molar-refractivity contribution < 1.29 is 22.7 Å². The average Bonchev–Trinajstić information content (AvgIpc) is 2.46. The summed E-state index contributed by atoms with van der Waals surface area (Å²) in [6, 6.07) is 7.24. The Bertz CT molecular complexity index is 730. The summed E-state index contributed by atoms with van der Waals surface area (Å²) in [6.07, 6.45) is -3.40. The van der Waals surface area contributed by atoms with E-state index in [-0.39, 0.29) is 11.4 Å². The minimum atomic E-state index is -4.53. The lowest BCUT2D eigenvalue weighted by molar-refractivity contribution is -0.607. The van der Waals surface area contributed by atoms with E-state index in [1.807, 2.05) is 0 Å². The molecule has 0 atom stereocenters. The lowest BCUT2D eigenvalue weighted by atomic mass is 10.1. The molecule has 23 heavy (non-hydrogen) atoms. The van der Waals surface area contributed by atoms with E-state index in [4.69, 9.17) is 0 Å². The molecule has 2 aromatic rings. The maximum absolute atomic E-state index is 12.8. The van der Waals surface area contributed by atoms with E-state index in [1.54, 1.807) is 19.0 Å². The van der Waals surface area contributed by atoms with Crippen LogP contribution >= 0.6 is 0 Å². The Labute approximate surface area is 130 Å². The Morgan fingerprint density at radius 1 is 1.22 bits per heavy atom. The van der Waals surface area contributed by atoms with Crippen molar-refractivity contribution >= 4 is 17.3 Å². The van der Waals surface area contributed by atoms with Gasteiger partial charge in [0.05, 0.1) is 16.9 Å². The zero-order valence-corrected chi connectivity index (χ0v) is 12.4. The molecular weight excluding hydrogens is 311 g/mol. The lowest BCUT2D eigenvalue weighted by Crippen LogP contribution is -2.36. The predicted molar refractivity (Wildman–Crippen MR) is 79.1 cm³/mol. The number of nitrogens with one attached hydrogen (secondary N) is 1. The van der Waals surface area contributed by atoms with E-state index in [1.165, 1.54) is 24.3 Å². The van der Waals surface area contributed by atoms with Gasteiger partial charge in [0.25, 0.3) is 5.69 Å². The molecule has 0 aliphatic carbocycles. The van der Waals surface area contributed by atoms with Gasteiger partial charge in [0.2, 0.25) is 0 Å². The van der Waals surface area contributed by atoms with Crippen LogP contribution in [0.25, 0.3) is 0 Å². The van der Waals surface area contributed by atoms with Crippen molar-refractivity contribution in [1.29, 1.82) is 0 Å². The molecule has 0 aliphatic rings. The smallest absolute Gasteiger partial charge is 0.416 e. The number of hydrogen-bond acceptors (Lipinski definition) is 3. The Morgan fingerprint density at radius 3 is 2.48 bits per heavy atom. The number of benzene rings is 1. The minimum absolute atomic E-state index is 0.0290. The molecule has 0 unspecified atom stereocenters. The Kier molecular flexibility index (Phi) is 4.44. The second-order valence-electron chi connectivity index (χ2n) is 4.99. The number of carbonyl (C=O) groups excluding carboxylic acids is 1. The van der Waals surface area contributed by atoms with Crippen LogP contribution in [-0.4, -0.2) is 20.0 Å². The quantitative estimate of drug-likeness (QED) is 0.697. The van der Waals surface area contributed by atoms with Crippen molar-refractivity contribution in [2.75, 3.05) is 24.3 Å². The van der Waals surface area contributed by atoms with Crippen LogP contribution in [0.3, 0.4) is 0 Å².